The van der Waals surface area contributed by atoms with E-state index in [1.807, 2.05) is 30.3 Å². The van der Waals surface area contributed by atoms with E-state index < -0.39 is 11.9 Å². The predicted octanol–water partition coefficient (Wildman–Crippen LogP) is 3.45. The second-order valence-electron chi connectivity index (χ2n) is 6.23. The van der Waals surface area contributed by atoms with Gasteiger partial charge in [-0.1, -0.05) is 47.6 Å². The summed E-state index contributed by atoms with van der Waals surface area (Å²) < 4.78 is 15.5. The fourth-order valence-corrected chi connectivity index (χ4v) is 2.92. The zero-order valence-electron chi connectivity index (χ0n) is 14.6. The number of carbonyl (C=O) groups is 1. The largest absolute Gasteiger partial charge is 0.382 e. The minimum absolute atomic E-state index is 0.259. The van der Waals surface area contributed by atoms with Crippen molar-refractivity contribution < 1.29 is 14.0 Å². The van der Waals surface area contributed by atoms with Crippen molar-refractivity contribution in [2.75, 3.05) is 5.32 Å². The van der Waals surface area contributed by atoms with E-state index in [0.717, 1.165) is 11.3 Å². The summed E-state index contributed by atoms with van der Waals surface area (Å²) in [5.41, 5.74) is 2.55. The van der Waals surface area contributed by atoms with Crippen LogP contribution in [0.2, 0.25) is 0 Å². The number of carbonyl (C=O) groups excluding carboxylic acids is 1. The van der Waals surface area contributed by atoms with Gasteiger partial charge < -0.3 is 10.2 Å². The van der Waals surface area contributed by atoms with E-state index in [1.54, 1.807) is 31.2 Å². The number of hydrogen-bond acceptors (Lipinski definition) is 4. The Balaban J connectivity index is 1.51. The number of nitrogens with one attached hydrogen (secondary N) is 1. The number of halogens is 1. The lowest BCUT2D eigenvalue weighted by molar-refractivity contribution is -0.125. The number of anilines is 1. The molecular formula is C20H17FN4O2. The van der Waals surface area contributed by atoms with Crippen LogP contribution in [0.5, 0.6) is 0 Å². The van der Waals surface area contributed by atoms with E-state index in [-0.39, 0.29) is 11.6 Å². The molecule has 0 fully saturated rings. The number of oxime groups is 1. The van der Waals surface area contributed by atoms with E-state index in [1.165, 1.54) is 10.7 Å². The molecule has 136 valence electrons. The lowest BCUT2D eigenvalue weighted by atomic mass is 10.0. The van der Waals surface area contributed by atoms with Gasteiger partial charge in [0.2, 0.25) is 6.10 Å². The fraction of sp³-hybridized carbons (Fsp3) is 0.150. The van der Waals surface area contributed by atoms with Crippen molar-refractivity contribution >= 4 is 17.4 Å². The molecule has 0 radical (unpaired) electrons. The van der Waals surface area contributed by atoms with Gasteiger partial charge in [0.15, 0.2) is 0 Å². The molecule has 2 aromatic carbocycles. The summed E-state index contributed by atoms with van der Waals surface area (Å²) in [5, 5.41) is 11.1. The maximum atomic E-state index is 14.1. The Kier molecular flexibility index (Phi) is 4.42. The monoisotopic (exact) mass is 364 g/mol. The predicted molar refractivity (Wildman–Crippen MR) is 99.4 cm³/mol. The molecule has 3 aromatic rings. The second-order valence-corrected chi connectivity index (χ2v) is 6.23. The lowest BCUT2D eigenvalue weighted by Crippen LogP contribution is -2.29. The Labute approximate surface area is 155 Å². The van der Waals surface area contributed by atoms with Gasteiger partial charge in [0, 0.05) is 12.5 Å². The zero-order valence-corrected chi connectivity index (χ0v) is 14.6. The molecule has 1 aliphatic heterocycles. The first kappa shape index (κ1) is 17.0. The molecule has 4 rings (SSSR count). The Morgan fingerprint density at radius 3 is 2.70 bits per heavy atom. The standard InChI is InChI=1S/C20H17FN4O2/c1-13-11-19(25(23-13)17-10-6-5-9-15(17)21)22-20(26)18-12-16(24-27-18)14-7-3-2-4-8-14/h2-11,18H,12H2,1H3,(H,22,26)/t18-/m0/s1. The van der Waals surface area contributed by atoms with Gasteiger partial charge in [0.05, 0.1) is 11.4 Å². The van der Waals surface area contributed by atoms with Crippen LogP contribution in [0.4, 0.5) is 10.2 Å². The highest BCUT2D eigenvalue weighted by molar-refractivity contribution is 6.06. The van der Waals surface area contributed by atoms with Crippen molar-refractivity contribution in [3.63, 3.8) is 0 Å². The highest BCUT2D eigenvalue weighted by Gasteiger charge is 2.29. The maximum absolute atomic E-state index is 14.1. The molecule has 0 bridgehead atoms. The molecule has 0 saturated carbocycles. The molecule has 1 aromatic heterocycles. The van der Waals surface area contributed by atoms with Crippen LogP contribution in [-0.2, 0) is 9.63 Å². The van der Waals surface area contributed by atoms with Crippen LogP contribution in [0.15, 0.2) is 65.8 Å². The van der Waals surface area contributed by atoms with E-state index in [4.69, 9.17) is 4.84 Å². The van der Waals surface area contributed by atoms with Gasteiger partial charge in [-0.05, 0) is 24.6 Å². The fourth-order valence-electron chi connectivity index (χ4n) is 2.92. The summed E-state index contributed by atoms with van der Waals surface area (Å²) in [4.78, 5) is 17.9. The van der Waals surface area contributed by atoms with Gasteiger partial charge in [-0.3, -0.25) is 4.79 Å². The first-order valence-electron chi connectivity index (χ1n) is 8.52. The lowest BCUT2D eigenvalue weighted by Gasteiger charge is -2.12. The molecule has 1 N–H and O–H groups in total. The third-order valence-corrected chi connectivity index (χ3v) is 4.23. The molecule has 0 aliphatic carbocycles. The Morgan fingerprint density at radius 2 is 1.93 bits per heavy atom. The van der Waals surface area contributed by atoms with Crippen LogP contribution in [0.1, 0.15) is 17.7 Å². The number of para-hydroxylation sites is 1. The van der Waals surface area contributed by atoms with E-state index in [0.29, 0.717) is 17.9 Å². The molecule has 0 unspecified atom stereocenters. The van der Waals surface area contributed by atoms with Crippen LogP contribution in [0.25, 0.3) is 5.69 Å². The number of amides is 1. The number of rotatable bonds is 4. The molecule has 27 heavy (non-hydrogen) atoms. The topological polar surface area (TPSA) is 68.5 Å². The Bertz CT molecular complexity index is 1010. The smallest absolute Gasteiger partial charge is 0.269 e. The van der Waals surface area contributed by atoms with E-state index in [9.17, 15) is 9.18 Å². The Hall–Kier alpha value is -3.48. The number of aryl methyl sites for hydroxylation is 1. The average molecular weight is 364 g/mol. The zero-order chi connectivity index (χ0) is 18.8. The molecular weight excluding hydrogens is 347 g/mol. The number of benzene rings is 2. The SMILES string of the molecule is Cc1cc(NC(=O)[C@@H]2CC(c3ccccc3)=NO2)n(-c2ccccc2F)n1. The average Bonchev–Trinajstić information content (AvgIpc) is 3.30. The van der Waals surface area contributed by atoms with Gasteiger partial charge >= 0.3 is 0 Å². The van der Waals surface area contributed by atoms with E-state index >= 15 is 0 Å². The van der Waals surface area contributed by atoms with Crippen molar-refractivity contribution in [2.24, 2.45) is 5.16 Å². The summed E-state index contributed by atoms with van der Waals surface area (Å²) in [5.74, 6) is -0.413. The van der Waals surface area contributed by atoms with Crippen LogP contribution in [0.3, 0.4) is 0 Å². The van der Waals surface area contributed by atoms with E-state index in [2.05, 4.69) is 15.6 Å². The molecule has 2 heterocycles. The summed E-state index contributed by atoms with van der Waals surface area (Å²) >= 11 is 0. The van der Waals surface area contributed by atoms with Crippen LogP contribution in [-0.4, -0.2) is 27.5 Å². The highest BCUT2D eigenvalue weighted by Crippen LogP contribution is 2.22. The van der Waals surface area contributed by atoms with Crippen molar-refractivity contribution in [1.82, 2.24) is 9.78 Å². The highest BCUT2D eigenvalue weighted by atomic mass is 19.1. The first-order valence-corrected chi connectivity index (χ1v) is 8.52. The first-order chi connectivity index (χ1) is 13.1. The summed E-state index contributed by atoms with van der Waals surface area (Å²) in [7, 11) is 0. The van der Waals surface area contributed by atoms with Crippen molar-refractivity contribution in [3.8, 4) is 5.69 Å². The second kappa shape index (κ2) is 7.03. The minimum Gasteiger partial charge on any atom is -0.382 e. The Morgan fingerprint density at radius 1 is 1.19 bits per heavy atom. The quantitative estimate of drug-likeness (QED) is 0.771. The van der Waals surface area contributed by atoms with Gasteiger partial charge in [-0.25, -0.2) is 9.07 Å². The molecule has 1 aliphatic rings. The minimum atomic E-state index is -0.746. The van der Waals surface area contributed by atoms with Crippen LogP contribution < -0.4 is 5.32 Å². The van der Waals surface area contributed by atoms with Gasteiger partial charge in [0.1, 0.15) is 17.3 Å². The normalized spacial score (nSPS) is 15.9. The molecule has 7 heteroatoms. The van der Waals surface area contributed by atoms with Crippen molar-refractivity contribution in [3.05, 3.63) is 77.7 Å². The van der Waals surface area contributed by atoms with Crippen molar-refractivity contribution in [1.29, 1.82) is 0 Å². The molecule has 6 nitrogen and oxygen atoms in total. The summed E-state index contributed by atoms with van der Waals surface area (Å²) in [6, 6.07) is 17.5. The summed E-state index contributed by atoms with van der Waals surface area (Å²) in [6.07, 6.45) is -0.382. The third kappa shape index (κ3) is 3.44. The summed E-state index contributed by atoms with van der Waals surface area (Å²) in [6.45, 7) is 1.77. The molecule has 1 amide bonds. The van der Waals surface area contributed by atoms with Crippen LogP contribution >= 0.6 is 0 Å². The molecule has 0 spiro atoms. The maximum Gasteiger partial charge on any atom is 0.269 e. The number of nitrogens with zero attached hydrogens (tertiary/aromatic N) is 3. The van der Waals surface area contributed by atoms with Gasteiger partial charge in [-0.2, -0.15) is 5.10 Å². The van der Waals surface area contributed by atoms with Crippen LogP contribution in [0, 0.1) is 12.7 Å². The van der Waals surface area contributed by atoms with Crippen molar-refractivity contribution in [2.45, 2.75) is 19.4 Å². The molecule has 1 atom stereocenters. The van der Waals surface area contributed by atoms with Gasteiger partial charge in [-0.15, -0.1) is 0 Å². The third-order valence-electron chi connectivity index (χ3n) is 4.23. The van der Waals surface area contributed by atoms with Gasteiger partial charge in [0.25, 0.3) is 5.91 Å². The number of aromatic nitrogens is 2. The molecule has 0 saturated heterocycles. The number of hydrogen-bond donors (Lipinski definition) is 1.